The summed E-state index contributed by atoms with van der Waals surface area (Å²) in [7, 11) is 0. The van der Waals surface area contributed by atoms with Gasteiger partial charge in [0.15, 0.2) is 5.82 Å². The third-order valence-corrected chi connectivity index (χ3v) is 4.96. The normalized spacial score (nSPS) is 14.3. The summed E-state index contributed by atoms with van der Waals surface area (Å²) in [5.74, 6) is -0.0580. The van der Waals surface area contributed by atoms with Crippen LogP contribution in [0, 0.1) is 0 Å². The van der Waals surface area contributed by atoms with Crippen LogP contribution in [0.5, 0.6) is 0 Å². The highest BCUT2D eigenvalue weighted by Crippen LogP contribution is 2.37. The van der Waals surface area contributed by atoms with Gasteiger partial charge in [-0.1, -0.05) is 36.4 Å². The average molecular weight is 420 g/mol. The zero-order valence-electron chi connectivity index (χ0n) is 14.8. The molecule has 0 unspecified atom stereocenters. The maximum atomic E-state index is 13.1. The van der Waals surface area contributed by atoms with Crippen LogP contribution >= 0.6 is 11.6 Å². The number of alkyl halides is 3. The SMILES string of the molecule is C=C1Cn2c(nnc2-c2ccccn2)C(=O)N1Cc1cccc(C(F)(F)F)c1Cl. The van der Waals surface area contributed by atoms with Crippen LogP contribution in [0.2, 0.25) is 5.02 Å². The lowest BCUT2D eigenvalue weighted by Crippen LogP contribution is -2.38. The molecule has 0 fully saturated rings. The van der Waals surface area contributed by atoms with E-state index in [-0.39, 0.29) is 24.5 Å². The van der Waals surface area contributed by atoms with Gasteiger partial charge in [-0.3, -0.25) is 14.3 Å². The topological polar surface area (TPSA) is 63.9 Å². The standard InChI is InChI=1S/C19H13ClF3N5O/c1-11-9-28-16(14-7-2-3-8-24-14)25-26-17(28)18(29)27(11)10-12-5-4-6-13(15(12)20)19(21,22)23/h2-8H,1,9-10H2. The van der Waals surface area contributed by atoms with Gasteiger partial charge in [0.25, 0.3) is 5.91 Å². The first-order valence-corrected chi connectivity index (χ1v) is 8.84. The van der Waals surface area contributed by atoms with E-state index < -0.39 is 22.7 Å². The Bertz CT molecular complexity index is 1110. The van der Waals surface area contributed by atoms with Gasteiger partial charge in [0.05, 0.1) is 23.7 Å². The summed E-state index contributed by atoms with van der Waals surface area (Å²) in [5.41, 5.74) is 0.135. The molecule has 0 aliphatic carbocycles. The number of benzene rings is 1. The molecule has 4 rings (SSSR count). The molecule has 0 atom stereocenters. The highest BCUT2D eigenvalue weighted by molar-refractivity contribution is 6.32. The third kappa shape index (κ3) is 3.38. The number of rotatable bonds is 3. The molecule has 0 radical (unpaired) electrons. The maximum absolute atomic E-state index is 13.1. The first-order valence-electron chi connectivity index (χ1n) is 8.46. The maximum Gasteiger partial charge on any atom is 0.417 e. The molecule has 29 heavy (non-hydrogen) atoms. The van der Waals surface area contributed by atoms with E-state index in [2.05, 4.69) is 21.8 Å². The van der Waals surface area contributed by atoms with Crippen LogP contribution in [-0.2, 0) is 19.3 Å². The molecule has 0 bridgehead atoms. The monoisotopic (exact) mass is 419 g/mol. The summed E-state index contributed by atoms with van der Waals surface area (Å²) in [6, 6.07) is 8.86. The predicted octanol–water partition coefficient (Wildman–Crippen LogP) is 4.18. The van der Waals surface area contributed by atoms with Crippen molar-refractivity contribution in [2.75, 3.05) is 0 Å². The lowest BCUT2D eigenvalue weighted by Gasteiger charge is -2.30. The van der Waals surface area contributed by atoms with Gasteiger partial charge < -0.3 is 4.90 Å². The minimum absolute atomic E-state index is 0.0566. The van der Waals surface area contributed by atoms with Crippen molar-refractivity contribution < 1.29 is 18.0 Å². The summed E-state index contributed by atoms with van der Waals surface area (Å²) in [4.78, 5) is 18.4. The number of aromatic nitrogens is 4. The summed E-state index contributed by atoms with van der Waals surface area (Å²) < 4.78 is 40.9. The molecule has 0 spiro atoms. The van der Waals surface area contributed by atoms with E-state index in [1.807, 2.05) is 0 Å². The smallest absolute Gasteiger partial charge is 0.304 e. The van der Waals surface area contributed by atoms with Crippen LogP contribution in [0.25, 0.3) is 11.5 Å². The summed E-state index contributed by atoms with van der Waals surface area (Å²) in [6.07, 6.45) is -2.99. The Labute approximate surface area is 168 Å². The quantitative estimate of drug-likeness (QED) is 0.639. The lowest BCUT2D eigenvalue weighted by atomic mass is 10.1. The van der Waals surface area contributed by atoms with Crippen LogP contribution < -0.4 is 0 Å². The van der Waals surface area contributed by atoms with E-state index in [9.17, 15) is 18.0 Å². The second kappa shape index (κ2) is 7.00. The van der Waals surface area contributed by atoms with Crippen LogP contribution in [-0.4, -0.2) is 30.6 Å². The van der Waals surface area contributed by atoms with E-state index in [4.69, 9.17) is 11.6 Å². The minimum Gasteiger partial charge on any atom is -0.304 e. The zero-order valence-corrected chi connectivity index (χ0v) is 15.6. The minimum atomic E-state index is -4.59. The van der Waals surface area contributed by atoms with Crippen LogP contribution in [0.4, 0.5) is 13.2 Å². The van der Waals surface area contributed by atoms with Crippen molar-refractivity contribution in [1.29, 1.82) is 0 Å². The molecule has 0 N–H and O–H groups in total. The number of nitrogens with zero attached hydrogens (tertiary/aromatic N) is 5. The Kier molecular flexibility index (Phi) is 4.62. The van der Waals surface area contributed by atoms with E-state index >= 15 is 0 Å². The summed E-state index contributed by atoms with van der Waals surface area (Å²) in [6.45, 7) is 3.93. The fourth-order valence-corrected chi connectivity index (χ4v) is 3.40. The number of allylic oxidation sites excluding steroid dienone is 1. The zero-order chi connectivity index (χ0) is 20.8. The first-order chi connectivity index (χ1) is 13.8. The van der Waals surface area contributed by atoms with Gasteiger partial charge >= 0.3 is 6.18 Å². The van der Waals surface area contributed by atoms with E-state index in [1.165, 1.54) is 17.0 Å². The number of fused-ring (bicyclic) bond motifs is 1. The Balaban J connectivity index is 1.67. The second-order valence-electron chi connectivity index (χ2n) is 6.38. The molecule has 0 saturated carbocycles. The Morgan fingerprint density at radius 1 is 1.10 bits per heavy atom. The number of halogens is 4. The van der Waals surface area contributed by atoms with Crippen molar-refractivity contribution in [2.24, 2.45) is 0 Å². The predicted molar refractivity (Wildman–Crippen MR) is 98.7 cm³/mol. The van der Waals surface area contributed by atoms with Gasteiger partial charge in [0.1, 0.15) is 5.69 Å². The van der Waals surface area contributed by atoms with Crippen molar-refractivity contribution in [1.82, 2.24) is 24.6 Å². The number of carbonyl (C=O) groups is 1. The van der Waals surface area contributed by atoms with Crippen molar-refractivity contribution >= 4 is 17.5 Å². The molecule has 10 heteroatoms. The highest BCUT2D eigenvalue weighted by atomic mass is 35.5. The Morgan fingerprint density at radius 3 is 2.55 bits per heavy atom. The number of carbonyl (C=O) groups excluding carboxylic acids is 1. The Morgan fingerprint density at radius 2 is 1.86 bits per heavy atom. The summed E-state index contributed by atoms with van der Waals surface area (Å²) >= 11 is 5.96. The van der Waals surface area contributed by atoms with E-state index in [0.29, 0.717) is 17.2 Å². The van der Waals surface area contributed by atoms with Crippen molar-refractivity contribution in [3.63, 3.8) is 0 Å². The number of hydrogen-bond acceptors (Lipinski definition) is 4. The van der Waals surface area contributed by atoms with E-state index in [1.54, 1.807) is 29.0 Å². The fraction of sp³-hybridized carbons (Fsp3) is 0.158. The van der Waals surface area contributed by atoms with Gasteiger partial charge in [-0.05, 0) is 23.8 Å². The van der Waals surface area contributed by atoms with Gasteiger partial charge in [-0.2, -0.15) is 13.2 Å². The molecule has 2 aromatic heterocycles. The molecular formula is C19H13ClF3N5O. The molecule has 3 heterocycles. The van der Waals surface area contributed by atoms with Crippen LogP contribution in [0.3, 0.4) is 0 Å². The van der Waals surface area contributed by atoms with Gasteiger partial charge in [-0.25, -0.2) is 0 Å². The fourth-order valence-electron chi connectivity index (χ4n) is 3.10. The number of amides is 1. The molecular weight excluding hydrogens is 407 g/mol. The van der Waals surface area contributed by atoms with Crippen molar-refractivity contribution in [3.8, 4) is 11.5 Å². The van der Waals surface area contributed by atoms with Crippen molar-refractivity contribution in [3.05, 3.63) is 76.8 Å². The number of hydrogen-bond donors (Lipinski definition) is 0. The molecule has 1 amide bonds. The second-order valence-corrected chi connectivity index (χ2v) is 6.76. The summed E-state index contributed by atoms with van der Waals surface area (Å²) in [5, 5.41) is 7.55. The Hall–Kier alpha value is -3.20. The third-order valence-electron chi connectivity index (χ3n) is 4.52. The van der Waals surface area contributed by atoms with Gasteiger partial charge in [-0.15, -0.1) is 10.2 Å². The molecule has 0 saturated heterocycles. The average Bonchev–Trinajstić information content (AvgIpc) is 3.10. The first kappa shape index (κ1) is 19.1. The highest BCUT2D eigenvalue weighted by Gasteiger charge is 2.36. The van der Waals surface area contributed by atoms with Gasteiger partial charge in [0.2, 0.25) is 5.82 Å². The van der Waals surface area contributed by atoms with Crippen molar-refractivity contribution in [2.45, 2.75) is 19.3 Å². The lowest BCUT2D eigenvalue weighted by molar-refractivity contribution is -0.137. The van der Waals surface area contributed by atoms with Crippen LogP contribution in [0.15, 0.2) is 54.9 Å². The van der Waals surface area contributed by atoms with Crippen LogP contribution in [0.1, 0.15) is 21.7 Å². The molecule has 6 nitrogen and oxygen atoms in total. The molecule has 1 aliphatic rings. The molecule has 1 aromatic carbocycles. The largest absolute Gasteiger partial charge is 0.417 e. The number of pyridine rings is 1. The molecule has 148 valence electrons. The molecule has 3 aromatic rings. The van der Waals surface area contributed by atoms with E-state index in [0.717, 1.165) is 6.07 Å². The van der Waals surface area contributed by atoms with Gasteiger partial charge in [0, 0.05) is 11.9 Å². The molecule has 1 aliphatic heterocycles.